The summed E-state index contributed by atoms with van der Waals surface area (Å²) in [5, 5.41) is 9.45. The summed E-state index contributed by atoms with van der Waals surface area (Å²) in [6.45, 7) is 4.84. The zero-order valence-corrected chi connectivity index (χ0v) is 9.81. The van der Waals surface area contributed by atoms with Gasteiger partial charge in [0.25, 0.3) is 0 Å². The second kappa shape index (κ2) is 5.32. The van der Waals surface area contributed by atoms with Gasteiger partial charge in [0.15, 0.2) is 0 Å². The Hall–Kier alpha value is -0.810. The molecule has 0 aromatic heterocycles. The number of aliphatic hydroxyl groups is 1. The summed E-state index contributed by atoms with van der Waals surface area (Å²) in [6, 6.07) is 0.0578. The van der Waals surface area contributed by atoms with Crippen LogP contribution in [0.25, 0.3) is 0 Å². The molecule has 0 saturated carbocycles. The number of hydrogen-bond acceptors (Lipinski definition) is 3. The monoisotopic (exact) mass is 215 g/mol. The maximum Gasteiger partial charge on any atom is 0.319 e. The van der Waals surface area contributed by atoms with E-state index in [1.54, 1.807) is 25.9 Å². The highest BCUT2D eigenvalue weighted by molar-refractivity contribution is 5.73. The minimum atomic E-state index is -0.417. The van der Waals surface area contributed by atoms with Crippen molar-refractivity contribution in [1.29, 1.82) is 0 Å². The highest BCUT2D eigenvalue weighted by atomic mass is 16.3. The van der Waals surface area contributed by atoms with E-state index in [0.717, 1.165) is 26.1 Å². The number of carbonyl (C=O) groups is 1. The predicted molar refractivity (Wildman–Crippen MR) is 58.5 cm³/mol. The Bertz CT molecular complexity index is 219. The van der Waals surface area contributed by atoms with Gasteiger partial charge < -0.3 is 14.9 Å². The second-order valence-electron chi connectivity index (χ2n) is 4.19. The van der Waals surface area contributed by atoms with Crippen molar-refractivity contribution in [2.75, 3.05) is 40.3 Å². The molecule has 5 heteroatoms. The van der Waals surface area contributed by atoms with Gasteiger partial charge >= 0.3 is 6.03 Å². The molecule has 1 atom stereocenters. The van der Waals surface area contributed by atoms with Crippen molar-refractivity contribution in [2.45, 2.75) is 19.6 Å². The summed E-state index contributed by atoms with van der Waals surface area (Å²) < 4.78 is 0. The smallest absolute Gasteiger partial charge is 0.319 e. The molecule has 0 spiro atoms. The van der Waals surface area contributed by atoms with Crippen LogP contribution in [0.2, 0.25) is 0 Å². The zero-order valence-electron chi connectivity index (χ0n) is 9.81. The van der Waals surface area contributed by atoms with Crippen LogP contribution in [0.15, 0.2) is 0 Å². The molecule has 0 bridgehead atoms. The van der Waals surface area contributed by atoms with Gasteiger partial charge in [-0.15, -0.1) is 0 Å². The molecule has 1 rings (SSSR count). The maximum absolute atomic E-state index is 11.7. The van der Waals surface area contributed by atoms with Crippen molar-refractivity contribution in [3.05, 3.63) is 0 Å². The molecule has 0 aromatic carbocycles. The highest BCUT2D eigenvalue weighted by Crippen LogP contribution is 2.06. The van der Waals surface area contributed by atoms with E-state index in [9.17, 15) is 9.90 Å². The van der Waals surface area contributed by atoms with Crippen molar-refractivity contribution in [2.24, 2.45) is 0 Å². The van der Waals surface area contributed by atoms with Gasteiger partial charge in [0.1, 0.15) is 6.23 Å². The van der Waals surface area contributed by atoms with Gasteiger partial charge in [-0.25, -0.2) is 4.79 Å². The van der Waals surface area contributed by atoms with Crippen LogP contribution in [0.3, 0.4) is 0 Å². The number of urea groups is 1. The molecule has 1 heterocycles. The molecule has 1 aliphatic heterocycles. The summed E-state index contributed by atoms with van der Waals surface area (Å²) in [4.78, 5) is 17.1. The molecule has 1 N–H and O–H groups in total. The average Bonchev–Trinajstić information content (AvgIpc) is 2.41. The normalized spacial score (nSPS) is 20.9. The van der Waals surface area contributed by atoms with Crippen molar-refractivity contribution in [1.82, 2.24) is 14.7 Å². The van der Waals surface area contributed by atoms with Crippen molar-refractivity contribution < 1.29 is 9.90 Å². The quantitative estimate of drug-likeness (QED) is 0.670. The van der Waals surface area contributed by atoms with Crippen LogP contribution in [0.1, 0.15) is 13.3 Å². The fourth-order valence-electron chi connectivity index (χ4n) is 1.79. The first-order valence-corrected chi connectivity index (χ1v) is 5.40. The zero-order chi connectivity index (χ0) is 11.4. The van der Waals surface area contributed by atoms with Crippen LogP contribution >= 0.6 is 0 Å². The fourth-order valence-corrected chi connectivity index (χ4v) is 1.79. The van der Waals surface area contributed by atoms with Gasteiger partial charge in [0.2, 0.25) is 0 Å². The molecular weight excluding hydrogens is 194 g/mol. The van der Waals surface area contributed by atoms with Crippen LogP contribution in [0, 0.1) is 0 Å². The summed E-state index contributed by atoms with van der Waals surface area (Å²) in [5.41, 5.74) is 0. The molecule has 88 valence electrons. The highest BCUT2D eigenvalue weighted by Gasteiger charge is 2.21. The molecule has 0 aliphatic carbocycles. The van der Waals surface area contributed by atoms with Gasteiger partial charge in [0, 0.05) is 40.3 Å². The third-order valence-electron chi connectivity index (χ3n) is 2.71. The number of nitrogens with zero attached hydrogens (tertiary/aromatic N) is 3. The molecule has 0 aromatic rings. The van der Waals surface area contributed by atoms with E-state index < -0.39 is 6.23 Å². The number of amides is 2. The first-order chi connectivity index (χ1) is 7.02. The summed E-state index contributed by atoms with van der Waals surface area (Å²) in [6.07, 6.45) is 0.504. The lowest BCUT2D eigenvalue weighted by Crippen LogP contribution is -2.42. The molecule has 1 saturated heterocycles. The first kappa shape index (κ1) is 12.3. The Balaban J connectivity index is 2.49. The molecule has 2 amide bonds. The van der Waals surface area contributed by atoms with Gasteiger partial charge in [0.05, 0.1) is 0 Å². The Morgan fingerprint density at radius 3 is 2.47 bits per heavy atom. The molecule has 15 heavy (non-hydrogen) atoms. The Kier molecular flexibility index (Phi) is 4.35. The second-order valence-corrected chi connectivity index (χ2v) is 4.19. The molecule has 1 unspecified atom stereocenters. The lowest BCUT2D eigenvalue weighted by Gasteiger charge is -2.25. The Morgan fingerprint density at radius 2 is 1.93 bits per heavy atom. The van der Waals surface area contributed by atoms with Crippen LogP contribution in [0.4, 0.5) is 4.79 Å². The molecule has 5 nitrogen and oxygen atoms in total. The van der Waals surface area contributed by atoms with E-state index >= 15 is 0 Å². The number of hydrogen-bond donors (Lipinski definition) is 1. The minimum absolute atomic E-state index is 0.0578. The van der Waals surface area contributed by atoms with Crippen LogP contribution in [-0.4, -0.2) is 72.3 Å². The maximum atomic E-state index is 11.7. The Morgan fingerprint density at radius 1 is 1.27 bits per heavy atom. The summed E-state index contributed by atoms with van der Waals surface area (Å²) in [7, 11) is 3.53. The van der Waals surface area contributed by atoms with Gasteiger partial charge in [-0.05, 0) is 13.3 Å². The average molecular weight is 215 g/mol. The molecule has 1 fully saturated rings. The van der Waals surface area contributed by atoms with E-state index in [2.05, 4.69) is 0 Å². The summed E-state index contributed by atoms with van der Waals surface area (Å²) in [5.74, 6) is 0. The van der Waals surface area contributed by atoms with Gasteiger partial charge in [-0.3, -0.25) is 4.90 Å². The standard InChI is InChI=1S/C10H21N3O2/c1-9(14)12-5-4-6-13(8-7-12)10(15)11(2)3/h9,14H,4-8H2,1-3H3. The number of rotatable bonds is 1. The first-order valence-electron chi connectivity index (χ1n) is 5.40. The van der Waals surface area contributed by atoms with Gasteiger partial charge in [-0.1, -0.05) is 0 Å². The van der Waals surface area contributed by atoms with Crippen LogP contribution in [0.5, 0.6) is 0 Å². The third-order valence-corrected chi connectivity index (χ3v) is 2.71. The van der Waals surface area contributed by atoms with Crippen LogP contribution in [-0.2, 0) is 0 Å². The van der Waals surface area contributed by atoms with E-state index in [0.29, 0.717) is 6.54 Å². The fraction of sp³-hybridized carbons (Fsp3) is 0.900. The van der Waals surface area contributed by atoms with Crippen LogP contribution < -0.4 is 0 Å². The lowest BCUT2D eigenvalue weighted by molar-refractivity contribution is 0.0221. The minimum Gasteiger partial charge on any atom is -0.379 e. The molecule has 1 aliphatic rings. The summed E-state index contributed by atoms with van der Waals surface area (Å²) >= 11 is 0. The van der Waals surface area contributed by atoms with E-state index in [4.69, 9.17) is 0 Å². The molecular formula is C10H21N3O2. The van der Waals surface area contributed by atoms with E-state index in [1.165, 1.54) is 0 Å². The van der Waals surface area contributed by atoms with E-state index in [1.807, 2.05) is 9.80 Å². The van der Waals surface area contributed by atoms with Crippen molar-refractivity contribution in [3.63, 3.8) is 0 Å². The topological polar surface area (TPSA) is 47.0 Å². The Labute approximate surface area is 91.3 Å². The third kappa shape index (κ3) is 3.35. The predicted octanol–water partition coefficient (Wildman–Crippen LogP) is 0.0140. The number of carbonyl (C=O) groups excluding carboxylic acids is 1. The molecule has 0 radical (unpaired) electrons. The lowest BCUT2D eigenvalue weighted by atomic mass is 10.4. The largest absolute Gasteiger partial charge is 0.379 e. The van der Waals surface area contributed by atoms with Crippen molar-refractivity contribution >= 4 is 6.03 Å². The van der Waals surface area contributed by atoms with Crippen molar-refractivity contribution in [3.8, 4) is 0 Å². The number of aliphatic hydroxyl groups excluding tert-OH is 1. The SMILES string of the molecule is CC(O)N1CCCN(C(=O)N(C)C)CC1. The van der Waals surface area contributed by atoms with Gasteiger partial charge in [-0.2, -0.15) is 0 Å². The van der Waals surface area contributed by atoms with E-state index in [-0.39, 0.29) is 6.03 Å².